The van der Waals surface area contributed by atoms with Crippen LogP contribution in [0.15, 0.2) is 24.6 Å². The van der Waals surface area contributed by atoms with Crippen molar-refractivity contribution in [2.24, 2.45) is 5.73 Å². The number of hydrogen-bond acceptors (Lipinski definition) is 3. The fraction of sp³-hybridized carbons (Fsp3) is 0. The molecule has 0 aliphatic rings. The van der Waals surface area contributed by atoms with E-state index in [1.54, 1.807) is 0 Å². The third kappa shape index (κ3) is 4.68. The van der Waals surface area contributed by atoms with Gasteiger partial charge in [0.25, 0.3) is 0 Å². The first-order valence-corrected chi connectivity index (χ1v) is 1.96. The second-order valence-electron chi connectivity index (χ2n) is 1.01. The molecule has 0 rings (SSSR count). The van der Waals surface area contributed by atoms with E-state index in [0.29, 0.717) is 0 Å². The Hall–Kier alpha value is -1.32. The molecule has 0 fully saturated rings. The first kappa shape index (κ1) is 6.68. The normalized spacial score (nSPS) is 11.0. The first-order chi connectivity index (χ1) is 3.77. The van der Waals surface area contributed by atoms with Crippen molar-refractivity contribution in [1.29, 1.82) is 0 Å². The van der Waals surface area contributed by atoms with Crippen molar-refractivity contribution in [2.75, 3.05) is 0 Å². The Bertz CT molecular complexity index is 128. The van der Waals surface area contributed by atoms with Crippen LogP contribution in [0.5, 0.6) is 0 Å². The van der Waals surface area contributed by atoms with Crippen LogP contribution >= 0.6 is 0 Å². The van der Waals surface area contributed by atoms with Crippen molar-refractivity contribution in [2.45, 2.75) is 0 Å². The van der Waals surface area contributed by atoms with Crippen molar-refractivity contribution in [3.05, 3.63) is 34.7 Å². The van der Waals surface area contributed by atoms with Crippen molar-refractivity contribution in [3.8, 4) is 0 Å². The SMILES string of the molecule is N/C=C/C=C/[N+](=O)[O-]. The third-order valence-electron chi connectivity index (χ3n) is 0.430. The second-order valence-corrected chi connectivity index (χ2v) is 1.01. The Morgan fingerprint density at radius 3 is 2.50 bits per heavy atom. The van der Waals surface area contributed by atoms with Gasteiger partial charge in [-0.1, -0.05) is 0 Å². The predicted molar refractivity (Wildman–Crippen MR) is 29.5 cm³/mol. The maximum absolute atomic E-state index is 9.52. The predicted octanol–water partition coefficient (Wildman–Crippen LogP) is 0.249. The molecule has 2 N–H and O–H groups in total. The van der Waals surface area contributed by atoms with Crippen LogP contribution in [0, 0.1) is 10.1 Å². The van der Waals surface area contributed by atoms with Gasteiger partial charge < -0.3 is 5.73 Å². The molecule has 0 saturated heterocycles. The number of nitrogens with two attached hydrogens (primary N) is 1. The fourth-order valence-corrected chi connectivity index (χ4v) is 0.184. The highest BCUT2D eigenvalue weighted by Gasteiger charge is 1.76. The lowest BCUT2D eigenvalue weighted by Crippen LogP contribution is -1.81. The van der Waals surface area contributed by atoms with Crippen LogP contribution < -0.4 is 5.73 Å². The van der Waals surface area contributed by atoms with Gasteiger partial charge >= 0.3 is 0 Å². The van der Waals surface area contributed by atoms with Crippen molar-refractivity contribution in [3.63, 3.8) is 0 Å². The van der Waals surface area contributed by atoms with Gasteiger partial charge in [-0.2, -0.15) is 0 Å². The second kappa shape index (κ2) is 3.86. The minimum atomic E-state index is -0.556. The molecule has 0 aromatic heterocycles. The molecule has 0 amide bonds. The van der Waals surface area contributed by atoms with Crippen LogP contribution in [0.3, 0.4) is 0 Å². The summed E-state index contributed by atoms with van der Waals surface area (Å²) in [6.07, 6.45) is 4.66. The molecule has 0 unspecified atom stereocenters. The van der Waals surface area contributed by atoms with Gasteiger partial charge in [-0.05, 0) is 12.3 Å². The van der Waals surface area contributed by atoms with Crippen LogP contribution in [0.1, 0.15) is 0 Å². The molecule has 0 radical (unpaired) electrons. The van der Waals surface area contributed by atoms with Gasteiger partial charge in [-0.15, -0.1) is 0 Å². The van der Waals surface area contributed by atoms with E-state index in [2.05, 4.69) is 0 Å². The lowest BCUT2D eigenvalue weighted by molar-refractivity contribution is -0.402. The van der Waals surface area contributed by atoms with Crippen LogP contribution in [0.25, 0.3) is 0 Å². The molecular formula is C4H6N2O2. The standard InChI is InChI=1S/C4H6N2O2/c5-3-1-2-4-6(7)8/h1-4H,5H2/b3-1+,4-2+. The Labute approximate surface area is 46.4 Å². The van der Waals surface area contributed by atoms with Crippen LogP contribution in [0.4, 0.5) is 0 Å². The Balaban J connectivity index is 3.50. The summed E-state index contributed by atoms with van der Waals surface area (Å²) in [5.74, 6) is 0. The summed E-state index contributed by atoms with van der Waals surface area (Å²) < 4.78 is 0. The Kier molecular flexibility index (Phi) is 3.22. The van der Waals surface area contributed by atoms with Crippen molar-refractivity contribution >= 4 is 0 Å². The van der Waals surface area contributed by atoms with Gasteiger partial charge in [0, 0.05) is 6.08 Å². The lowest BCUT2D eigenvalue weighted by Gasteiger charge is -1.71. The summed E-state index contributed by atoms with van der Waals surface area (Å²) in [5.41, 5.74) is 4.86. The van der Waals surface area contributed by atoms with E-state index < -0.39 is 4.92 Å². The van der Waals surface area contributed by atoms with Gasteiger partial charge in [-0.25, -0.2) is 0 Å². The summed E-state index contributed by atoms with van der Waals surface area (Å²) in [7, 11) is 0. The number of nitro groups is 1. The first-order valence-electron chi connectivity index (χ1n) is 1.96. The summed E-state index contributed by atoms with van der Waals surface area (Å²) in [6.45, 7) is 0. The Morgan fingerprint density at radius 1 is 1.50 bits per heavy atom. The van der Waals surface area contributed by atoms with E-state index in [1.165, 1.54) is 18.4 Å². The van der Waals surface area contributed by atoms with E-state index in [4.69, 9.17) is 5.73 Å². The van der Waals surface area contributed by atoms with Crippen LogP contribution in [0.2, 0.25) is 0 Å². The zero-order valence-electron chi connectivity index (χ0n) is 4.15. The van der Waals surface area contributed by atoms with E-state index in [0.717, 1.165) is 6.20 Å². The van der Waals surface area contributed by atoms with Gasteiger partial charge in [-0.3, -0.25) is 10.1 Å². The molecule has 8 heavy (non-hydrogen) atoms. The molecule has 0 aliphatic carbocycles. The summed E-state index contributed by atoms with van der Waals surface area (Å²) in [4.78, 5) is 8.96. The lowest BCUT2D eigenvalue weighted by atomic mass is 10.6. The van der Waals surface area contributed by atoms with Crippen LogP contribution in [-0.4, -0.2) is 4.92 Å². The van der Waals surface area contributed by atoms with Gasteiger partial charge in [0.05, 0.1) is 4.92 Å². The molecular weight excluding hydrogens is 108 g/mol. The molecule has 0 aliphatic heterocycles. The largest absolute Gasteiger partial charge is 0.405 e. The average molecular weight is 114 g/mol. The summed E-state index contributed by atoms with van der Waals surface area (Å²) >= 11 is 0. The third-order valence-corrected chi connectivity index (χ3v) is 0.430. The number of allylic oxidation sites excluding steroid dienone is 2. The number of nitrogens with zero attached hydrogens (tertiary/aromatic N) is 1. The minimum Gasteiger partial charge on any atom is -0.405 e. The highest BCUT2D eigenvalue weighted by molar-refractivity contribution is 4.96. The quantitative estimate of drug-likeness (QED) is 0.318. The zero-order valence-corrected chi connectivity index (χ0v) is 4.15. The fourth-order valence-electron chi connectivity index (χ4n) is 0.184. The molecule has 0 bridgehead atoms. The Morgan fingerprint density at radius 2 is 2.12 bits per heavy atom. The maximum Gasteiger partial charge on any atom is 0.234 e. The summed E-state index contributed by atoms with van der Waals surface area (Å²) in [6, 6.07) is 0. The zero-order chi connectivity index (χ0) is 6.41. The molecule has 0 aromatic rings. The monoisotopic (exact) mass is 114 g/mol. The minimum absolute atomic E-state index is 0.556. The van der Waals surface area contributed by atoms with E-state index in [1.807, 2.05) is 0 Å². The van der Waals surface area contributed by atoms with Gasteiger partial charge in [0.15, 0.2) is 0 Å². The molecule has 4 nitrogen and oxygen atoms in total. The molecule has 0 heterocycles. The molecule has 0 atom stereocenters. The van der Waals surface area contributed by atoms with Gasteiger partial charge in [0.1, 0.15) is 0 Å². The highest BCUT2D eigenvalue weighted by atomic mass is 16.6. The highest BCUT2D eigenvalue weighted by Crippen LogP contribution is 1.73. The molecule has 44 valence electrons. The maximum atomic E-state index is 9.52. The number of hydrogen-bond donors (Lipinski definition) is 1. The van der Waals surface area contributed by atoms with E-state index >= 15 is 0 Å². The van der Waals surface area contributed by atoms with E-state index in [-0.39, 0.29) is 0 Å². The number of rotatable bonds is 2. The molecule has 0 aromatic carbocycles. The smallest absolute Gasteiger partial charge is 0.234 e. The molecule has 4 heteroatoms. The van der Waals surface area contributed by atoms with Crippen molar-refractivity contribution in [1.82, 2.24) is 0 Å². The molecule has 0 saturated carbocycles. The topological polar surface area (TPSA) is 69.2 Å². The average Bonchev–Trinajstić information content (AvgIpc) is 1.66. The molecule has 0 spiro atoms. The van der Waals surface area contributed by atoms with E-state index in [9.17, 15) is 10.1 Å². The van der Waals surface area contributed by atoms with Crippen LogP contribution in [-0.2, 0) is 0 Å². The van der Waals surface area contributed by atoms with Crippen molar-refractivity contribution < 1.29 is 4.92 Å². The summed E-state index contributed by atoms with van der Waals surface area (Å²) in [5, 5.41) is 9.52. The van der Waals surface area contributed by atoms with Gasteiger partial charge in [0.2, 0.25) is 6.20 Å².